The summed E-state index contributed by atoms with van der Waals surface area (Å²) in [5, 5.41) is 3.09. The molecule has 0 aliphatic carbocycles. The number of unbranched alkanes of at least 4 members (excludes halogenated alkanes) is 1. The largest absolute Gasteiger partial charge is 0.353 e. The number of rotatable bonds is 7. The molecular weight excluding hydrogens is 288 g/mol. The standard InChI is InChI=1S/C19H28N2O2/c1-2-3-9-18(22)20-17-12-14-21(15-13-17)19(23)11-10-16-7-5-4-6-8-16/h4-8,17H,2-3,9-15H2,1H3,(H,20,22). The van der Waals surface area contributed by atoms with Crippen LogP contribution in [0.5, 0.6) is 0 Å². The van der Waals surface area contributed by atoms with Gasteiger partial charge in [0.1, 0.15) is 0 Å². The number of likely N-dealkylation sites (tertiary alicyclic amines) is 1. The van der Waals surface area contributed by atoms with Crippen molar-refractivity contribution in [3.05, 3.63) is 35.9 Å². The maximum Gasteiger partial charge on any atom is 0.222 e. The summed E-state index contributed by atoms with van der Waals surface area (Å²) in [6, 6.07) is 10.4. The van der Waals surface area contributed by atoms with Crippen LogP contribution >= 0.6 is 0 Å². The number of hydrogen-bond donors (Lipinski definition) is 1. The third-order valence-electron chi connectivity index (χ3n) is 4.44. The number of carbonyl (C=O) groups is 2. The predicted octanol–water partition coefficient (Wildman–Crippen LogP) is 2.92. The highest BCUT2D eigenvalue weighted by molar-refractivity contribution is 5.77. The Kier molecular flexibility index (Phi) is 7.11. The second-order valence-corrected chi connectivity index (χ2v) is 6.31. The van der Waals surface area contributed by atoms with E-state index < -0.39 is 0 Å². The molecule has 23 heavy (non-hydrogen) atoms. The molecule has 1 aromatic carbocycles. The van der Waals surface area contributed by atoms with Crippen molar-refractivity contribution in [2.75, 3.05) is 13.1 Å². The van der Waals surface area contributed by atoms with Crippen LogP contribution in [0.3, 0.4) is 0 Å². The van der Waals surface area contributed by atoms with E-state index in [1.54, 1.807) is 0 Å². The van der Waals surface area contributed by atoms with Crippen molar-refractivity contribution in [3.63, 3.8) is 0 Å². The Labute approximate surface area is 139 Å². The molecule has 0 spiro atoms. The van der Waals surface area contributed by atoms with E-state index in [9.17, 15) is 9.59 Å². The highest BCUT2D eigenvalue weighted by atomic mass is 16.2. The first-order chi connectivity index (χ1) is 11.2. The number of carbonyl (C=O) groups excluding carboxylic acids is 2. The van der Waals surface area contributed by atoms with Gasteiger partial charge in [-0.25, -0.2) is 0 Å². The molecule has 1 heterocycles. The Morgan fingerprint density at radius 2 is 1.83 bits per heavy atom. The molecule has 4 heteroatoms. The van der Waals surface area contributed by atoms with Crippen LogP contribution in [0.4, 0.5) is 0 Å². The van der Waals surface area contributed by atoms with E-state index in [2.05, 4.69) is 24.4 Å². The van der Waals surface area contributed by atoms with Crippen molar-refractivity contribution in [2.45, 2.75) is 57.9 Å². The molecule has 1 N–H and O–H groups in total. The number of nitrogens with one attached hydrogen (secondary N) is 1. The van der Waals surface area contributed by atoms with Crippen molar-refractivity contribution < 1.29 is 9.59 Å². The summed E-state index contributed by atoms with van der Waals surface area (Å²) >= 11 is 0. The van der Waals surface area contributed by atoms with Gasteiger partial charge in [0.2, 0.25) is 11.8 Å². The lowest BCUT2D eigenvalue weighted by molar-refractivity contribution is -0.132. The maximum atomic E-state index is 12.3. The van der Waals surface area contributed by atoms with E-state index in [0.717, 1.165) is 45.2 Å². The van der Waals surface area contributed by atoms with Gasteiger partial charge in [0.25, 0.3) is 0 Å². The molecule has 2 rings (SSSR count). The molecule has 0 atom stereocenters. The van der Waals surface area contributed by atoms with Gasteiger partial charge in [-0.05, 0) is 31.2 Å². The van der Waals surface area contributed by atoms with E-state index in [1.165, 1.54) is 5.56 Å². The third-order valence-corrected chi connectivity index (χ3v) is 4.44. The Morgan fingerprint density at radius 3 is 2.48 bits per heavy atom. The van der Waals surface area contributed by atoms with Crippen molar-refractivity contribution in [2.24, 2.45) is 0 Å². The second-order valence-electron chi connectivity index (χ2n) is 6.31. The minimum atomic E-state index is 0.153. The summed E-state index contributed by atoms with van der Waals surface area (Å²) in [5.74, 6) is 0.380. The molecule has 0 saturated carbocycles. The second kappa shape index (κ2) is 9.33. The van der Waals surface area contributed by atoms with E-state index in [4.69, 9.17) is 0 Å². The number of benzene rings is 1. The molecule has 0 aromatic heterocycles. The first kappa shape index (κ1) is 17.5. The highest BCUT2D eigenvalue weighted by Gasteiger charge is 2.23. The topological polar surface area (TPSA) is 49.4 Å². The molecule has 1 aliphatic heterocycles. The van der Waals surface area contributed by atoms with E-state index >= 15 is 0 Å². The number of piperidine rings is 1. The summed E-state index contributed by atoms with van der Waals surface area (Å²) in [5.41, 5.74) is 1.21. The minimum Gasteiger partial charge on any atom is -0.353 e. The molecule has 1 saturated heterocycles. The van der Waals surface area contributed by atoms with Gasteiger partial charge in [-0.2, -0.15) is 0 Å². The zero-order valence-electron chi connectivity index (χ0n) is 14.1. The van der Waals surface area contributed by atoms with Gasteiger partial charge in [0, 0.05) is 32.0 Å². The first-order valence-electron chi connectivity index (χ1n) is 8.80. The lowest BCUT2D eigenvalue weighted by Crippen LogP contribution is -2.46. The van der Waals surface area contributed by atoms with Crippen LogP contribution in [0, 0.1) is 0 Å². The fourth-order valence-electron chi connectivity index (χ4n) is 2.96. The van der Waals surface area contributed by atoms with Crippen molar-refractivity contribution in [1.29, 1.82) is 0 Å². The molecule has 0 radical (unpaired) electrons. The average Bonchev–Trinajstić information content (AvgIpc) is 2.59. The summed E-state index contributed by atoms with van der Waals surface area (Å²) in [6.45, 7) is 3.60. The average molecular weight is 316 g/mol. The summed E-state index contributed by atoms with van der Waals surface area (Å²) < 4.78 is 0. The summed E-state index contributed by atoms with van der Waals surface area (Å²) in [7, 11) is 0. The fourth-order valence-corrected chi connectivity index (χ4v) is 2.96. The van der Waals surface area contributed by atoms with Gasteiger partial charge in [0.05, 0.1) is 0 Å². The van der Waals surface area contributed by atoms with Gasteiger partial charge >= 0.3 is 0 Å². The van der Waals surface area contributed by atoms with Gasteiger partial charge in [0.15, 0.2) is 0 Å². The van der Waals surface area contributed by atoms with E-state index in [1.807, 2.05) is 23.1 Å². The van der Waals surface area contributed by atoms with Crippen LogP contribution < -0.4 is 5.32 Å². The maximum absolute atomic E-state index is 12.3. The van der Waals surface area contributed by atoms with Crippen LogP contribution in [-0.2, 0) is 16.0 Å². The molecule has 1 fully saturated rings. The van der Waals surface area contributed by atoms with Crippen molar-refractivity contribution >= 4 is 11.8 Å². The van der Waals surface area contributed by atoms with E-state index in [-0.39, 0.29) is 17.9 Å². The lowest BCUT2D eigenvalue weighted by Gasteiger charge is -2.32. The number of nitrogens with zero attached hydrogens (tertiary/aromatic N) is 1. The van der Waals surface area contributed by atoms with Crippen molar-refractivity contribution in [3.8, 4) is 0 Å². The summed E-state index contributed by atoms with van der Waals surface area (Å²) in [4.78, 5) is 26.0. The van der Waals surface area contributed by atoms with E-state index in [0.29, 0.717) is 12.8 Å². The van der Waals surface area contributed by atoms with Crippen LogP contribution in [0.25, 0.3) is 0 Å². The molecule has 4 nitrogen and oxygen atoms in total. The quantitative estimate of drug-likeness (QED) is 0.841. The SMILES string of the molecule is CCCCC(=O)NC1CCN(C(=O)CCc2ccccc2)CC1. The first-order valence-corrected chi connectivity index (χ1v) is 8.80. The van der Waals surface area contributed by atoms with Crippen LogP contribution in [-0.4, -0.2) is 35.8 Å². The van der Waals surface area contributed by atoms with Gasteiger partial charge < -0.3 is 10.2 Å². The molecular formula is C19H28N2O2. The third kappa shape index (κ3) is 6.05. The fraction of sp³-hybridized carbons (Fsp3) is 0.579. The summed E-state index contributed by atoms with van der Waals surface area (Å²) in [6.07, 6.45) is 5.71. The van der Waals surface area contributed by atoms with Crippen molar-refractivity contribution in [1.82, 2.24) is 10.2 Å². The molecule has 0 unspecified atom stereocenters. The minimum absolute atomic E-state index is 0.153. The Balaban J connectivity index is 1.67. The Bertz CT molecular complexity index is 493. The highest BCUT2D eigenvalue weighted by Crippen LogP contribution is 2.13. The Morgan fingerprint density at radius 1 is 1.13 bits per heavy atom. The smallest absolute Gasteiger partial charge is 0.222 e. The number of amides is 2. The Hall–Kier alpha value is -1.84. The predicted molar refractivity (Wildman–Crippen MR) is 92.0 cm³/mol. The van der Waals surface area contributed by atoms with Crippen LogP contribution in [0.1, 0.15) is 51.0 Å². The monoisotopic (exact) mass is 316 g/mol. The molecule has 1 aliphatic rings. The molecule has 2 amide bonds. The number of hydrogen-bond acceptors (Lipinski definition) is 2. The zero-order chi connectivity index (χ0) is 16.5. The van der Waals surface area contributed by atoms with Gasteiger partial charge in [-0.1, -0.05) is 43.7 Å². The molecule has 126 valence electrons. The lowest BCUT2D eigenvalue weighted by atomic mass is 10.0. The number of aryl methyl sites for hydroxylation is 1. The van der Waals surface area contributed by atoms with Gasteiger partial charge in [-0.15, -0.1) is 0 Å². The van der Waals surface area contributed by atoms with Crippen LogP contribution in [0.15, 0.2) is 30.3 Å². The normalized spacial score (nSPS) is 15.4. The molecule has 1 aromatic rings. The van der Waals surface area contributed by atoms with Crippen LogP contribution in [0.2, 0.25) is 0 Å². The molecule has 0 bridgehead atoms. The zero-order valence-corrected chi connectivity index (χ0v) is 14.1. The van der Waals surface area contributed by atoms with Gasteiger partial charge in [-0.3, -0.25) is 9.59 Å².